The van der Waals surface area contributed by atoms with Crippen molar-refractivity contribution in [3.05, 3.63) is 41.0 Å². The van der Waals surface area contributed by atoms with Gasteiger partial charge in [-0.2, -0.15) is 0 Å². The molecule has 1 aromatic heterocycles. The van der Waals surface area contributed by atoms with Crippen LogP contribution in [0.2, 0.25) is 5.02 Å². The highest BCUT2D eigenvalue weighted by atomic mass is 35.5. The van der Waals surface area contributed by atoms with Gasteiger partial charge in [-0.1, -0.05) is 11.6 Å². The molecule has 21 heavy (non-hydrogen) atoms. The van der Waals surface area contributed by atoms with Crippen LogP contribution >= 0.6 is 11.6 Å². The number of hydrogen-bond donors (Lipinski definition) is 2. The first kappa shape index (κ1) is 13.5. The fourth-order valence-electron chi connectivity index (χ4n) is 1.94. The molecule has 3 rings (SSSR count). The Kier molecular flexibility index (Phi) is 3.53. The fraction of sp³-hybridized carbons (Fsp3) is 0.143. The van der Waals surface area contributed by atoms with Gasteiger partial charge in [-0.15, -0.1) is 0 Å². The minimum Gasteiger partial charge on any atom is -0.486 e. The van der Waals surface area contributed by atoms with Crippen LogP contribution in [0.1, 0.15) is 10.4 Å². The Labute approximate surface area is 125 Å². The van der Waals surface area contributed by atoms with Crippen LogP contribution in [0.15, 0.2) is 30.5 Å². The van der Waals surface area contributed by atoms with Crippen molar-refractivity contribution in [3.63, 3.8) is 0 Å². The molecule has 6 nitrogen and oxygen atoms in total. The lowest BCUT2D eigenvalue weighted by atomic mass is 10.2. The monoisotopic (exact) mass is 306 g/mol. The maximum absolute atomic E-state index is 11.0. The number of aromatic carboxylic acids is 1. The van der Waals surface area contributed by atoms with Gasteiger partial charge in [-0.3, -0.25) is 0 Å². The third-order valence-electron chi connectivity index (χ3n) is 2.90. The second-order valence-electron chi connectivity index (χ2n) is 4.34. The number of hydrogen-bond acceptors (Lipinski definition) is 5. The van der Waals surface area contributed by atoms with Gasteiger partial charge in [0.25, 0.3) is 0 Å². The number of rotatable bonds is 3. The second-order valence-corrected chi connectivity index (χ2v) is 4.75. The van der Waals surface area contributed by atoms with Crippen LogP contribution in [0.25, 0.3) is 0 Å². The molecule has 2 aromatic rings. The van der Waals surface area contributed by atoms with E-state index in [0.717, 1.165) is 0 Å². The molecule has 0 spiro atoms. The van der Waals surface area contributed by atoms with Crippen molar-refractivity contribution in [3.8, 4) is 11.5 Å². The number of fused-ring (bicyclic) bond motifs is 1. The van der Waals surface area contributed by atoms with Crippen LogP contribution in [0, 0.1) is 0 Å². The Morgan fingerprint density at radius 2 is 2.00 bits per heavy atom. The molecule has 0 fully saturated rings. The van der Waals surface area contributed by atoms with E-state index in [9.17, 15) is 4.79 Å². The number of pyridine rings is 1. The largest absolute Gasteiger partial charge is 0.486 e. The molecule has 0 radical (unpaired) electrons. The van der Waals surface area contributed by atoms with Crippen LogP contribution in [0.3, 0.4) is 0 Å². The fourth-order valence-corrected chi connectivity index (χ4v) is 2.12. The first-order chi connectivity index (χ1) is 10.1. The summed E-state index contributed by atoms with van der Waals surface area (Å²) in [6, 6.07) is 6.72. The number of anilines is 2. The predicted molar refractivity (Wildman–Crippen MR) is 76.9 cm³/mol. The molecule has 0 saturated carbocycles. The van der Waals surface area contributed by atoms with Crippen LogP contribution < -0.4 is 14.8 Å². The molecule has 0 unspecified atom stereocenters. The number of nitrogens with one attached hydrogen (secondary N) is 1. The zero-order chi connectivity index (χ0) is 14.8. The van der Waals surface area contributed by atoms with E-state index in [1.165, 1.54) is 12.3 Å². The zero-order valence-electron chi connectivity index (χ0n) is 10.8. The summed E-state index contributed by atoms with van der Waals surface area (Å²) in [5.74, 6) is 0.599. The van der Waals surface area contributed by atoms with E-state index in [2.05, 4.69) is 10.3 Å². The third kappa shape index (κ3) is 2.85. The average molecular weight is 307 g/mol. The number of ether oxygens (including phenoxy) is 2. The number of carbonyl (C=O) groups is 1. The summed E-state index contributed by atoms with van der Waals surface area (Å²) in [5.41, 5.74) is 0.706. The minimum atomic E-state index is -1.10. The van der Waals surface area contributed by atoms with E-state index in [1.807, 2.05) is 0 Å². The summed E-state index contributed by atoms with van der Waals surface area (Å²) in [6.45, 7) is 1.03. The van der Waals surface area contributed by atoms with Crippen LogP contribution in [0.5, 0.6) is 11.5 Å². The summed E-state index contributed by atoms with van der Waals surface area (Å²) in [7, 11) is 0. The summed E-state index contributed by atoms with van der Waals surface area (Å²) in [6.07, 6.45) is 1.30. The van der Waals surface area contributed by atoms with E-state index in [-0.39, 0.29) is 10.6 Å². The molecular weight excluding hydrogens is 296 g/mol. The molecule has 0 saturated heterocycles. The highest BCUT2D eigenvalue weighted by Gasteiger charge is 2.13. The number of halogens is 1. The molecule has 0 bridgehead atoms. The van der Waals surface area contributed by atoms with Gasteiger partial charge < -0.3 is 19.9 Å². The van der Waals surface area contributed by atoms with Crippen molar-refractivity contribution >= 4 is 29.1 Å². The van der Waals surface area contributed by atoms with Gasteiger partial charge in [-0.25, -0.2) is 9.78 Å². The molecule has 7 heteroatoms. The Balaban J connectivity index is 1.86. The lowest BCUT2D eigenvalue weighted by molar-refractivity contribution is 0.0697. The van der Waals surface area contributed by atoms with Crippen molar-refractivity contribution in [2.24, 2.45) is 0 Å². The van der Waals surface area contributed by atoms with Crippen LogP contribution in [0.4, 0.5) is 11.5 Å². The summed E-state index contributed by atoms with van der Waals surface area (Å²) in [5, 5.41) is 12.1. The Bertz CT molecular complexity index is 705. The Hall–Kier alpha value is -2.47. The molecule has 108 valence electrons. The highest BCUT2D eigenvalue weighted by Crippen LogP contribution is 2.33. The molecule has 0 atom stereocenters. The molecule has 0 aliphatic carbocycles. The maximum atomic E-state index is 11.0. The summed E-state index contributed by atoms with van der Waals surface area (Å²) >= 11 is 5.78. The van der Waals surface area contributed by atoms with Crippen LogP contribution in [-0.2, 0) is 0 Å². The molecule has 2 N–H and O–H groups in total. The van der Waals surface area contributed by atoms with Crippen molar-refractivity contribution < 1.29 is 19.4 Å². The predicted octanol–water partition coefficient (Wildman–Crippen LogP) is 2.95. The van der Waals surface area contributed by atoms with Crippen molar-refractivity contribution in [2.75, 3.05) is 18.5 Å². The molecule has 1 aromatic carbocycles. The summed E-state index contributed by atoms with van der Waals surface area (Å²) < 4.78 is 10.9. The maximum Gasteiger partial charge on any atom is 0.337 e. The lowest BCUT2D eigenvalue weighted by Gasteiger charge is -2.19. The normalized spacial score (nSPS) is 12.8. The van der Waals surface area contributed by atoms with Gasteiger partial charge in [0.2, 0.25) is 0 Å². The summed E-state index contributed by atoms with van der Waals surface area (Å²) in [4.78, 5) is 15.1. The van der Waals surface area contributed by atoms with Gasteiger partial charge in [0.15, 0.2) is 11.5 Å². The van der Waals surface area contributed by atoms with Gasteiger partial charge in [0.1, 0.15) is 19.0 Å². The minimum absolute atomic E-state index is 0.00768. The number of aromatic nitrogens is 1. The average Bonchev–Trinajstić information content (AvgIpc) is 2.49. The van der Waals surface area contributed by atoms with Crippen LogP contribution in [-0.4, -0.2) is 29.3 Å². The quantitative estimate of drug-likeness (QED) is 0.907. The number of nitrogens with zero attached hydrogens (tertiary/aromatic N) is 1. The van der Waals surface area contributed by atoms with E-state index in [0.29, 0.717) is 36.2 Å². The van der Waals surface area contributed by atoms with Crippen molar-refractivity contribution in [1.29, 1.82) is 0 Å². The van der Waals surface area contributed by atoms with E-state index in [1.54, 1.807) is 18.2 Å². The molecule has 0 amide bonds. The molecule has 1 aliphatic heterocycles. The lowest BCUT2D eigenvalue weighted by Crippen LogP contribution is -2.15. The van der Waals surface area contributed by atoms with E-state index in [4.69, 9.17) is 26.2 Å². The molecule has 1 aliphatic rings. The topological polar surface area (TPSA) is 80.7 Å². The van der Waals surface area contributed by atoms with E-state index >= 15 is 0 Å². The van der Waals surface area contributed by atoms with Gasteiger partial charge in [0, 0.05) is 18.0 Å². The smallest absolute Gasteiger partial charge is 0.337 e. The SMILES string of the molecule is O=C(O)c1cc(Nc2ccc3c(c2)OCCO3)ncc1Cl. The number of benzene rings is 1. The van der Waals surface area contributed by atoms with E-state index < -0.39 is 5.97 Å². The van der Waals surface area contributed by atoms with Crippen molar-refractivity contribution in [2.45, 2.75) is 0 Å². The standard InChI is InChI=1S/C14H11ClN2O4/c15-10-7-16-13(6-9(10)14(18)19)17-8-1-2-11-12(5-8)21-4-3-20-11/h1-2,5-7H,3-4H2,(H,16,17)(H,18,19). The van der Waals surface area contributed by atoms with Crippen molar-refractivity contribution in [1.82, 2.24) is 4.98 Å². The first-order valence-electron chi connectivity index (χ1n) is 6.19. The first-order valence-corrected chi connectivity index (χ1v) is 6.57. The number of carboxylic acids is 1. The Morgan fingerprint density at radius 1 is 1.24 bits per heavy atom. The Morgan fingerprint density at radius 3 is 2.76 bits per heavy atom. The van der Waals surface area contributed by atoms with Gasteiger partial charge >= 0.3 is 5.97 Å². The highest BCUT2D eigenvalue weighted by molar-refractivity contribution is 6.33. The van der Waals surface area contributed by atoms with Gasteiger partial charge in [-0.05, 0) is 18.2 Å². The third-order valence-corrected chi connectivity index (χ3v) is 3.20. The van der Waals surface area contributed by atoms with Gasteiger partial charge in [0.05, 0.1) is 10.6 Å². The molecule has 2 heterocycles. The second kappa shape index (κ2) is 5.49. The zero-order valence-corrected chi connectivity index (χ0v) is 11.6. The number of carboxylic acid groups (broad SMARTS) is 1. The molecular formula is C14H11ClN2O4.